The number of rotatable bonds is 38. The lowest BCUT2D eigenvalue weighted by Gasteiger charge is -2.27. The third-order valence-electron chi connectivity index (χ3n) is 12.3. The highest BCUT2D eigenvalue weighted by molar-refractivity contribution is 6.31. The molecule has 366 valence electrons. The molecule has 0 radical (unpaired) electrons. The molecule has 1 aliphatic carbocycles. The van der Waals surface area contributed by atoms with Crippen molar-refractivity contribution in [2.75, 3.05) is 26.4 Å². The van der Waals surface area contributed by atoms with Gasteiger partial charge in [-0.2, -0.15) is 0 Å². The van der Waals surface area contributed by atoms with Crippen molar-refractivity contribution in [2.24, 2.45) is 0 Å². The zero-order valence-corrected chi connectivity index (χ0v) is 41.6. The fraction of sp³-hybridized carbons (Fsp3) is 0.632. The van der Waals surface area contributed by atoms with E-state index in [1.807, 2.05) is 30.3 Å². The van der Waals surface area contributed by atoms with Crippen molar-refractivity contribution in [3.8, 4) is 34.5 Å². The summed E-state index contributed by atoms with van der Waals surface area (Å²) in [4.78, 5) is 44.6. The van der Waals surface area contributed by atoms with Gasteiger partial charge in [-0.15, -0.1) is 0 Å². The number of unbranched alkanes of at least 4 members (excludes halogenated alkanes) is 20. The predicted octanol–water partition coefficient (Wildman–Crippen LogP) is 15.7. The highest BCUT2D eigenvalue weighted by Crippen LogP contribution is 2.51. The average molecular weight is 913 g/mol. The average Bonchev–Trinajstić information content (AvgIpc) is 3.32. The van der Waals surface area contributed by atoms with Crippen LogP contribution < -0.4 is 28.4 Å². The van der Waals surface area contributed by atoms with Gasteiger partial charge in [-0.3, -0.25) is 14.4 Å². The van der Waals surface area contributed by atoms with Crippen LogP contribution >= 0.6 is 0 Å². The van der Waals surface area contributed by atoms with Gasteiger partial charge in [0, 0.05) is 17.5 Å². The minimum absolute atomic E-state index is 0.00837. The Morgan fingerprint density at radius 3 is 1.24 bits per heavy atom. The smallest absolute Gasteiger partial charge is 0.311 e. The Morgan fingerprint density at radius 2 is 0.788 bits per heavy atom. The number of carbonyl (C=O) groups is 3. The van der Waals surface area contributed by atoms with Gasteiger partial charge >= 0.3 is 5.97 Å². The van der Waals surface area contributed by atoms with E-state index in [0.29, 0.717) is 44.3 Å². The summed E-state index contributed by atoms with van der Waals surface area (Å²) < 4.78 is 38.9. The molecule has 0 aromatic heterocycles. The molecule has 0 bridgehead atoms. The summed E-state index contributed by atoms with van der Waals surface area (Å²) in [6.45, 7) is 12.5. The van der Waals surface area contributed by atoms with Crippen molar-refractivity contribution in [2.45, 2.75) is 208 Å². The third-order valence-corrected chi connectivity index (χ3v) is 12.3. The molecule has 4 rings (SSSR count). The first-order valence-corrected chi connectivity index (χ1v) is 26.3. The van der Waals surface area contributed by atoms with Crippen molar-refractivity contribution in [3.63, 3.8) is 0 Å². The molecule has 0 unspecified atom stereocenters. The highest BCUT2D eigenvalue weighted by atomic mass is 16.6. The lowest BCUT2D eigenvalue weighted by atomic mass is 9.82. The second kappa shape index (κ2) is 32.2. The molecule has 0 spiro atoms. The summed E-state index contributed by atoms with van der Waals surface area (Å²) in [6.07, 6.45) is 25.9. The number of esters is 1. The van der Waals surface area contributed by atoms with Crippen LogP contribution in [0.4, 0.5) is 0 Å². The van der Waals surface area contributed by atoms with E-state index in [9.17, 15) is 4.79 Å². The van der Waals surface area contributed by atoms with Gasteiger partial charge in [-0.25, -0.2) is 0 Å². The van der Waals surface area contributed by atoms with Crippen molar-refractivity contribution in [1.29, 1.82) is 0 Å². The molecule has 0 N–H and O–H groups in total. The molecule has 3 aromatic carbocycles. The van der Waals surface area contributed by atoms with E-state index in [4.69, 9.17) is 28.4 Å². The van der Waals surface area contributed by atoms with Crippen LogP contribution in [-0.2, 0) is 11.4 Å². The molecule has 0 atom stereocenters. The largest absolute Gasteiger partial charge is 0.490 e. The molecule has 0 saturated carbocycles. The zero-order valence-electron chi connectivity index (χ0n) is 41.6. The number of benzene rings is 3. The Kier molecular flexibility index (Phi) is 26.4. The molecular weight excluding hydrogens is 829 g/mol. The maximum absolute atomic E-state index is 15.3. The third kappa shape index (κ3) is 17.6. The second-order valence-corrected chi connectivity index (χ2v) is 18.0. The number of ether oxygens (including phenoxy) is 6. The number of ketones is 2. The first-order chi connectivity index (χ1) is 32.4. The molecule has 0 aliphatic heterocycles. The summed E-state index contributed by atoms with van der Waals surface area (Å²) >= 11 is 0. The Hall–Kier alpha value is -4.53. The van der Waals surface area contributed by atoms with Gasteiger partial charge in [0.15, 0.2) is 34.6 Å². The lowest BCUT2D eigenvalue weighted by Crippen LogP contribution is -2.25. The summed E-state index contributed by atoms with van der Waals surface area (Å²) in [5.41, 5.74) is 1.16. The van der Waals surface area contributed by atoms with Gasteiger partial charge in [0.05, 0.1) is 37.6 Å². The van der Waals surface area contributed by atoms with E-state index < -0.39 is 17.5 Å². The van der Waals surface area contributed by atoms with E-state index in [1.165, 1.54) is 32.1 Å². The van der Waals surface area contributed by atoms with Crippen LogP contribution in [0.5, 0.6) is 34.5 Å². The predicted molar refractivity (Wildman–Crippen MR) is 267 cm³/mol. The quantitative estimate of drug-likeness (QED) is 0.0247. The van der Waals surface area contributed by atoms with Gasteiger partial charge in [-0.1, -0.05) is 193 Å². The number of carbonyl (C=O) groups excluding carboxylic acids is 3. The fourth-order valence-corrected chi connectivity index (χ4v) is 8.34. The van der Waals surface area contributed by atoms with Crippen LogP contribution in [0.25, 0.3) is 0 Å². The maximum atomic E-state index is 15.3. The van der Waals surface area contributed by atoms with Crippen LogP contribution in [0.2, 0.25) is 0 Å². The van der Waals surface area contributed by atoms with Gasteiger partial charge < -0.3 is 28.4 Å². The molecule has 0 amide bonds. The highest BCUT2D eigenvalue weighted by Gasteiger charge is 2.41. The molecule has 0 heterocycles. The van der Waals surface area contributed by atoms with Crippen LogP contribution in [-0.4, -0.2) is 44.0 Å². The molecule has 0 fully saturated rings. The summed E-state index contributed by atoms with van der Waals surface area (Å²) in [5.74, 6) is -0.168. The van der Waals surface area contributed by atoms with Gasteiger partial charge in [-0.05, 0) is 49.8 Å². The lowest BCUT2D eigenvalue weighted by molar-refractivity contribution is -0.134. The summed E-state index contributed by atoms with van der Waals surface area (Å²) in [6, 6.07) is 13.0. The van der Waals surface area contributed by atoms with Crippen molar-refractivity contribution < 1.29 is 42.8 Å². The molecule has 9 nitrogen and oxygen atoms in total. The van der Waals surface area contributed by atoms with Crippen LogP contribution in [0.1, 0.15) is 239 Å². The van der Waals surface area contributed by atoms with Crippen LogP contribution in [0, 0.1) is 0 Å². The molecule has 9 heteroatoms. The summed E-state index contributed by atoms with van der Waals surface area (Å²) in [7, 11) is 0. The molecular formula is C57H84O9. The normalized spacial score (nSPS) is 11.9. The second-order valence-electron chi connectivity index (χ2n) is 18.0. The SMILES string of the molecule is CCCCCCCCCCCC(=O)Oc1c(OCCCCCC)c(OCCCCCC)cc2c1C(=O)c1cc(OCCCCCC)c(OCCCCCC)c(OCc3ccccc3)c1C2=O. The van der Waals surface area contributed by atoms with E-state index in [1.54, 1.807) is 12.1 Å². The van der Waals surface area contributed by atoms with E-state index in [2.05, 4.69) is 34.6 Å². The van der Waals surface area contributed by atoms with Crippen LogP contribution in [0.15, 0.2) is 42.5 Å². The van der Waals surface area contributed by atoms with E-state index in [-0.39, 0.29) is 58.3 Å². The minimum atomic E-state index is -0.481. The number of hydrogen-bond donors (Lipinski definition) is 0. The number of hydrogen-bond acceptors (Lipinski definition) is 9. The zero-order chi connectivity index (χ0) is 47.2. The Balaban J connectivity index is 1.84. The van der Waals surface area contributed by atoms with Crippen LogP contribution in [0.3, 0.4) is 0 Å². The molecule has 3 aromatic rings. The Morgan fingerprint density at radius 1 is 0.409 bits per heavy atom. The minimum Gasteiger partial charge on any atom is -0.490 e. The van der Waals surface area contributed by atoms with Crippen molar-refractivity contribution in [1.82, 2.24) is 0 Å². The maximum Gasteiger partial charge on any atom is 0.311 e. The van der Waals surface area contributed by atoms with E-state index >= 15 is 9.59 Å². The van der Waals surface area contributed by atoms with Gasteiger partial charge in [0.25, 0.3) is 0 Å². The Bertz CT molecular complexity index is 1870. The Labute approximate surface area is 398 Å². The number of fused-ring (bicyclic) bond motifs is 2. The monoisotopic (exact) mass is 913 g/mol. The molecule has 66 heavy (non-hydrogen) atoms. The topological polar surface area (TPSA) is 107 Å². The van der Waals surface area contributed by atoms with Crippen molar-refractivity contribution >= 4 is 17.5 Å². The van der Waals surface area contributed by atoms with Gasteiger partial charge in [0.1, 0.15) is 6.61 Å². The standard InChI is InChI=1S/C57H84O9/c1-6-11-16-21-22-23-24-25-29-36-49(58)66-57-51-46(42-48(62-38-31-18-13-8-3)55(57)64-40-33-20-15-10-5)52(59)50-45(53(51)60)41-47(61-37-30-17-12-7-2)54(63-39-32-19-14-9-4)56(50)65-43-44-34-27-26-28-35-44/h26-28,34-35,41-42H,6-25,29-33,36-40,43H2,1-5H3. The van der Waals surface area contributed by atoms with Gasteiger partial charge in [0.2, 0.25) is 11.5 Å². The molecule has 0 saturated heterocycles. The van der Waals surface area contributed by atoms with Crippen molar-refractivity contribution in [3.05, 3.63) is 70.3 Å². The first-order valence-electron chi connectivity index (χ1n) is 26.3. The molecule has 1 aliphatic rings. The summed E-state index contributed by atoms with van der Waals surface area (Å²) in [5, 5.41) is 0. The first kappa shape index (κ1) is 54.1. The fourth-order valence-electron chi connectivity index (χ4n) is 8.34. The van der Waals surface area contributed by atoms with E-state index in [0.717, 1.165) is 128 Å².